The molecule has 4 rings (SSSR count). The molecule has 1 aliphatic carbocycles. The Kier molecular flexibility index (Phi) is 5.44. The zero-order valence-electron chi connectivity index (χ0n) is 16.3. The number of amidine groups is 1. The van der Waals surface area contributed by atoms with E-state index in [9.17, 15) is 9.90 Å². The summed E-state index contributed by atoms with van der Waals surface area (Å²) in [5.41, 5.74) is 15.1. The quantitative estimate of drug-likeness (QED) is 0.499. The van der Waals surface area contributed by atoms with Crippen molar-refractivity contribution in [3.05, 3.63) is 58.8 Å². The van der Waals surface area contributed by atoms with Crippen molar-refractivity contribution in [2.75, 3.05) is 31.2 Å². The maximum absolute atomic E-state index is 11.5. The zero-order valence-corrected chi connectivity index (χ0v) is 16.3. The lowest BCUT2D eigenvalue weighted by molar-refractivity contribution is -0.132. The summed E-state index contributed by atoms with van der Waals surface area (Å²) in [4.78, 5) is 26.8. The van der Waals surface area contributed by atoms with E-state index in [0.717, 1.165) is 11.1 Å². The highest BCUT2D eigenvalue weighted by Gasteiger charge is 2.27. The Balaban J connectivity index is 1.70. The molecule has 0 bridgehead atoms. The molecule has 0 amide bonds. The first-order chi connectivity index (χ1) is 14.5. The van der Waals surface area contributed by atoms with Crippen LogP contribution in [0.3, 0.4) is 0 Å². The number of aromatic nitrogens is 2. The van der Waals surface area contributed by atoms with Crippen LogP contribution in [0.4, 0.5) is 11.8 Å². The standard InChI is InChI=1S/C21H22N6O3/c22-16(13-4-2-1-3-5-13)12-18(23)25-21-24-17-11-14(20(28)29)10-15(17)19(26-21)27-6-8-30-9-7-27/h1-5,11-12H,6-10,22H2,(H,28,29)(H2,23,24,25,26). The second kappa shape index (κ2) is 8.34. The predicted octanol–water partition coefficient (Wildman–Crippen LogP) is 1.33. The Morgan fingerprint density at radius 1 is 1.17 bits per heavy atom. The number of rotatable bonds is 5. The van der Waals surface area contributed by atoms with Crippen LogP contribution in [0.5, 0.6) is 0 Å². The minimum absolute atomic E-state index is 0.157. The number of fused-ring (bicyclic) bond motifs is 1. The summed E-state index contributed by atoms with van der Waals surface area (Å²) in [7, 11) is 0. The van der Waals surface area contributed by atoms with Gasteiger partial charge in [-0.05, 0) is 11.6 Å². The normalized spacial score (nSPS) is 16.9. The van der Waals surface area contributed by atoms with Crippen LogP contribution in [-0.4, -0.2) is 53.2 Å². The van der Waals surface area contributed by atoms with Crippen molar-refractivity contribution >= 4 is 35.3 Å². The predicted molar refractivity (Wildman–Crippen MR) is 114 cm³/mol. The number of carboxylic acids is 1. The van der Waals surface area contributed by atoms with Crippen molar-refractivity contribution in [3.8, 4) is 0 Å². The highest BCUT2D eigenvalue weighted by molar-refractivity contribution is 5.99. The van der Waals surface area contributed by atoms with Crippen LogP contribution < -0.4 is 16.4 Å². The van der Waals surface area contributed by atoms with Gasteiger partial charge in [-0.2, -0.15) is 9.98 Å². The topological polar surface area (TPSA) is 140 Å². The minimum Gasteiger partial charge on any atom is -0.478 e. The average molecular weight is 406 g/mol. The van der Waals surface area contributed by atoms with Gasteiger partial charge in [-0.1, -0.05) is 30.3 Å². The van der Waals surface area contributed by atoms with E-state index in [0.29, 0.717) is 43.5 Å². The molecular formula is C21H22N6O3. The molecule has 30 heavy (non-hydrogen) atoms. The van der Waals surface area contributed by atoms with E-state index in [4.69, 9.17) is 16.2 Å². The summed E-state index contributed by atoms with van der Waals surface area (Å²) in [6, 6.07) is 9.42. The van der Waals surface area contributed by atoms with Crippen molar-refractivity contribution in [1.29, 1.82) is 0 Å². The number of carbonyl (C=O) groups is 1. The van der Waals surface area contributed by atoms with Gasteiger partial charge in [0, 0.05) is 42.4 Å². The van der Waals surface area contributed by atoms with E-state index in [2.05, 4.69) is 19.9 Å². The zero-order chi connectivity index (χ0) is 21.1. The number of benzene rings is 1. The summed E-state index contributed by atoms with van der Waals surface area (Å²) in [5.74, 6) is 0.0174. The number of nitrogens with zero attached hydrogens (tertiary/aromatic N) is 4. The first kappa shape index (κ1) is 19.6. The SMILES string of the molecule is NC(=CC(N)=Nc1nc2c(c(N3CCOCC3)n1)CC(C(=O)O)=C2)c1ccccc1. The van der Waals surface area contributed by atoms with Gasteiger partial charge in [0.05, 0.1) is 18.9 Å². The minimum atomic E-state index is -0.968. The van der Waals surface area contributed by atoms with Gasteiger partial charge in [-0.15, -0.1) is 0 Å². The van der Waals surface area contributed by atoms with Crippen LogP contribution in [0.15, 0.2) is 47.0 Å². The number of morpholine rings is 1. The molecule has 0 radical (unpaired) electrons. The van der Waals surface area contributed by atoms with Gasteiger partial charge in [0.2, 0.25) is 0 Å². The largest absolute Gasteiger partial charge is 0.478 e. The van der Waals surface area contributed by atoms with Crippen LogP contribution in [0.2, 0.25) is 0 Å². The van der Waals surface area contributed by atoms with Gasteiger partial charge in [0.15, 0.2) is 0 Å². The molecule has 154 valence electrons. The number of aliphatic carboxylic acids is 1. The first-order valence-corrected chi connectivity index (χ1v) is 9.55. The van der Waals surface area contributed by atoms with Crippen LogP contribution >= 0.6 is 0 Å². The molecule has 0 spiro atoms. The lowest BCUT2D eigenvalue weighted by Gasteiger charge is -2.29. The van der Waals surface area contributed by atoms with E-state index in [1.807, 2.05) is 30.3 Å². The van der Waals surface area contributed by atoms with Crippen molar-refractivity contribution in [2.45, 2.75) is 6.42 Å². The second-order valence-corrected chi connectivity index (χ2v) is 6.96. The maximum atomic E-state index is 11.5. The number of hydrogen-bond donors (Lipinski definition) is 3. The lowest BCUT2D eigenvalue weighted by Crippen LogP contribution is -2.37. The molecule has 1 saturated heterocycles. The van der Waals surface area contributed by atoms with Crippen molar-refractivity contribution in [3.63, 3.8) is 0 Å². The third kappa shape index (κ3) is 4.15. The highest BCUT2D eigenvalue weighted by Crippen LogP contribution is 2.33. The molecule has 2 aliphatic rings. The van der Waals surface area contributed by atoms with E-state index >= 15 is 0 Å². The van der Waals surface area contributed by atoms with E-state index < -0.39 is 5.97 Å². The molecule has 9 nitrogen and oxygen atoms in total. The molecule has 5 N–H and O–H groups in total. The second-order valence-electron chi connectivity index (χ2n) is 6.96. The maximum Gasteiger partial charge on any atom is 0.331 e. The Hall–Kier alpha value is -3.72. The molecule has 9 heteroatoms. The molecule has 1 fully saturated rings. The third-order valence-corrected chi connectivity index (χ3v) is 4.91. The van der Waals surface area contributed by atoms with E-state index in [-0.39, 0.29) is 23.8 Å². The van der Waals surface area contributed by atoms with Crippen LogP contribution in [0.25, 0.3) is 11.8 Å². The molecular weight excluding hydrogens is 384 g/mol. The summed E-state index contributed by atoms with van der Waals surface area (Å²) < 4.78 is 5.42. The van der Waals surface area contributed by atoms with E-state index in [1.165, 1.54) is 0 Å². The highest BCUT2D eigenvalue weighted by atomic mass is 16.5. The molecule has 0 saturated carbocycles. The number of anilines is 1. The molecule has 1 aliphatic heterocycles. The molecule has 2 heterocycles. The fourth-order valence-corrected chi connectivity index (χ4v) is 3.42. The Labute approximate surface area is 173 Å². The third-order valence-electron chi connectivity index (χ3n) is 4.91. The number of ether oxygens (including phenoxy) is 1. The van der Waals surface area contributed by atoms with Crippen molar-refractivity contribution in [1.82, 2.24) is 9.97 Å². The van der Waals surface area contributed by atoms with Gasteiger partial charge >= 0.3 is 5.97 Å². The number of hydrogen-bond acceptors (Lipinski definition) is 7. The van der Waals surface area contributed by atoms with Gasteiger partial charge < -0.3 is 26.2 Å². The summed E-state index contributed by atoms with van der Waals surface area (Å²) in [6.45, 7) is 2.47. The molecule has 2 aromatic rings. The van der Waals surface area contributed by atoms with E-state index in [1.54, 1.807) is 12.2 Å². The lowest BCUT2D eigenvalue weighted by atomic mass is 10.1. The van der Waals surface area contributed by atoms with Crippen molar-refractivity contribution in [2.24, 2.45) is 16.5 Å². The van der Waals surface area contributed by atoms with Crippen LogP contribution in [0.1, 0.15) is 16.8 Å². The summed E-state index contributed by atoms with van der Waals surface area (Å²) in [6.07, 6.45) is 3.39. The van der Waals surface area contributed by atoms with Gasteiger partial charge in [-0.25, -0.2) is 9.78 Å². The van der Waals surface area contributed by atoms with Gasteiger partial charge in [-0.3, -0.25) is 0 Å². The van der Waals surface area contributed by atoms with Gasteiger partial charge in [0.25, 0.3) is 5.95 Å². The molecule has 1 aromatic heterocycles. The van der Waals surface area contributed by atoms with Crippen LogP contribution in [-0.2, 0) is 16.0 Å². The smallest absolute Gasteiger partial charge is 0.331 e. The Morgan fingerprint density at radius 3 is 2.60 bits per heavy atom. The monoisotopic (exact) mass is 406 g/mol. The molecule has 0 atom stereocenters. The summed E-state index contributed by atoms with van der Waals surface area (Å²) >= 11 is 0. The average Bonchev–Trinajstić information content (AvgIpc) is 3.19. The first-order valence-electron chi connectivity index (χ1n) is 9.55. The Morgan fingerprint density at radius 2 is 1.90 bits per heavy atom. The van der Waals surface area contributed by atoms with Crippen molar-refractivity contribution < 1.29 is 14.6 Å². The molecule has 1 aromatic carbocycles. The molecule has 0 unspecified atom stereocenters. The fraction of sp³-hybridized carbons (Fsp3) is 0.238. The number of aliphatic imine (C=N–C) groups is 1. The summed E-state index contributed by atoms with van der Waals surface area (Å²) in [5, 5.41) is 9.39. The number of nitrogens with two attached hydrogens (primary N) is 2. The fourth-order valence-electron chi connectivity index (χ4n) is 3.42. The number of carboxylic acid groups (broad SMARTS) is 1. The van der Waals surface area contributed by atoms with Crippen LogP contribution in [0, 0.1) is 0 Å². The Bertz CT molecular complexity index is 1060. The van der Waals surface area contributed by atoms with Gasteiger partial charge in [0.1, 0.15) is 11.7 Å².